The van der Waals surface area contributed by atoms with Crippen LogP contribution < -0.4 is 5.73 Å². The van der Waals surface area contributed by atoms with Crippen LogP contribution in [-0.2, 0) is 0 Å². The summed E-state index contributed by atoms with van der Waals surface area (Å²) < 4.78 is 0.758. The summed E-state index contributed by atoms with van der Waals surface area (Å²) in [6.45, 7) is 0. The van der Waals surface area contributed by atoms with Crippen molar-refractivity contribution < 1.29 is 9.90 Å². The average Bonchev–Trinajstić information content (AvgIpc) is 2.46. The molecule has 0 atom stereocenters. The van der Waals surface area contributed by atoms with Crippen molar-refractivity contribution in [1.29, 1.82) is 0 Å². The zero-order valence-corrected chi connectivity index (χ0v) is 7.34. The van der Waals surface area contributed by atoms with Crippen LogP contribution >= 0.6 is 11.3 Å². The molecule has 1 aromatic heterocycles. The molecule has 5 heteroatoms. The minimum absolute atomic E-state index is 0.159. The molecule has 0 saturated heterocycles. The summed E-state index contributed by atoms with van der Waals surface area (Å²) in [4.78, 5) is 14.7. The van der Waals surface area contributed by atoms with Gasteiger partial charge in [0.05, 0.1) is 10.2 Å². The number of benzene rings is 1. The summed E-state index contributed by atoms with van der Waals surface area (Å²) in [5.41, 5.74) is 5.74. The second-order valence-electron chi connectivity index (χ2n) is 2.54. The molecule has 66 valence electrons. The number of phenols is 1. The van der Waals surface area contributed by atoms with Gasteiger partial charge < -0.3 is 10.8 Å². The predicted molar refractivity (Wildman–Crippen MR) is 49.8 cm³/mol. The summed E-state index contributed by atoms with van der Waals surface area (Å²) in [5, 5.41) is 9.41. The number of thiazole rings is 1. The van der Waals surface area contributed by atoms with E-state index in [1.165, 1.54) is 17.4 Å². The molecular formula is C8H6N2O2S. The number of fused-ring (bicyclic) bond motifs is 1. The Labute approximate surface area is 77.6 Å². The lowest BCUT2D eigenvalue weighted by Gasteiger charge is -1.87. The highest BCUT2D eigenvalue weighted by atomic mass is 32.1. The summed E-state index contributed by atoms with van der Waals surface area (Å²) in [5.74, 6) is -0.382. The Bertz CT molecular complexity index is 478. The van der Waals surface area contributed by atoms with Gasteiger partial charge >= 0.3 is 0 Å². The van der Waals surface area contributed by atoms with Gasteiger partial charge in [-0.3, -0.25) is 4.79 Å². The van der Waals surface area contributed by atoms with E-state index in [1.807, 2.05) is 0 Å². The van der Waals surface area contributed by atoms with Crippen molar-refractivity contribution in [3.05, 3.63) is 23.2 Å². The van der Waals surface area contributed by atoms with Crippen molar-refractivity contribution in [2.45, 2.75) is 0 Å². The maximum Gasteiger partial charge on any atom is 0.277 e. The van der Waals surface area contributed by atoms with Gasteiger partial charge in [-0.1, -0.05) is 0 Å². The van der Waals surface area contributed by atoms with Gasteiger partial charge in [-0.15, -0.1) is 11.3 Å². The van der Waals surface area contributed by atoms with Gasteiger partial charge in [0, 0.05) is 0 Å². The second kappa shape index (κ2) is 2.70. The van der Waals surface area contributed by atoms with Gasteiger partial charge in [0.15, 0.2) is 5.01 Å². The highest BCUT2D eigenvalue weighted by molar-refractivity contribution is 7.20. The van der Waals surface area contributed by atoms with Crippen LogP contribution in [0.15, 0.2) is 18.2 Å². The van der Waals surface area contributed by atoms with E-state index in [0.29, 0.717) is 5.52 Å². The van der Waals surface area contributed by atoms with Crippen LogP contribution in [0.5, 0.6) is 5.75 Å². The van der Waals surface area contributed by atoms with Crippen molar-refractivity contribution >= 4 is 27.5 Å². The number of aromatic hydroxyl groups is 1. The first-order valence-electron chi connectivity index (χ1n) is 3.56. The van der Waals surface area contributed by atoms with Gasteiger partial charge in [0.1, 0.15) is 5.75 Å². The minimum Gasteiger partial charge on any atom is -0.508 e. The Balaban J connectivity index is 2.68. The zero-order valence-electron chi connectivity index (χ0n) is 6.52. The number of nitrogens with zero attached hydrogens (tertiary/aromatic N) is 1. The van der Waals surface area contributed by atoms with E-state index in [4.69, 9.17) is 10.8 Å². The van der Waals surface area contributed by atoms with E-state index in [9.17, 15) is 4.79 Å². The molecule has 0 spiro atoms. The Morgan fingerprint density at radius 3 is 3.00 bits per heavy atom. The second-order valence-corrected chi connectivity index (χ2v) is 3.57. The molecule has 2 aromatic rings. The fourth-order valence-corrected chi connectivity index (χ4v) is 1.87. The normalized spacial score (nSPS) is 10.5. The molecule has 0 radical (unpaired) electrons. The lowest BCUT2D eigenvalue weighted by Crippen LogP contribution is -2.09. The molecule has 3 N–H and O–H groups in total. The van der Waals surface area contributed by atoms with Gasteiger partial charge in [-0.05, 0) is 18.2 Å². The molecule has 1 heterocycles. The number of aromatic nitrogens is 1. The van der Waals surface area contributed by atoms with Gasteiger partial charge in [0.2, 0.25) is 0 Å². The quantitative estimate of drug-likeness (QED) is 0.713. The maximum absolute atomic E-state index is 10.8. The van der Waals surface area contributed by atoms with E-state index in [0.717, 1.165) is 4.70 Å². The van der Waals surface area contributed by atoms with E-state index in [2.05, 4.69) is 4.98 Å². The summed E-state index contributed by atoms with van der Waals surface area (Å²) in [6, 6.07) is 4.72. The third-order valence-electron chi connectivity index (χ3n) is 1.58. The van der Waals surface area contributed by atoms with Gasteiger partial charge in [-0.25, -0.2) is 4.98 Å². The molecule has 1 amide bonds. The van der Waals surface area contributed by atoms with Crippen LogP contribution in [0.4, 0.5) is 0 Å². The Kier molecular flexibility index (Phi) is 1.66. The number of hydrogen-bond acceptors (Lipinski definition) is 4. The number of rotatable bonds is 1. The zero-order chi connectivity index (χ0) is 9.42. The van der Waals surface area contributed by atoms with E-state index >= 15 is 0 Å². The fourth-order valence-electron chi connectivity index (χ4n) is 1.02. The van der Waals surface area contributed by atoms with Crippen molar-refractivity contribution in [3.63, 3.8) is 0 Å². The highest BCUT2D eigenvalue weighted by Crippen LogP contribution is 2.25. The first kappa shape index (κ1) is 8.00. The molecular weight excluding hydrogens is 188 g/mol. The Morgan fingerprint density at radius 1 is 1.54 bits per heavy atom. The predicted octanol–water partition coefficient (Wildman–Crippen LogP) is 1.10. The van der Waals surface area contributed by atoms with Crippen molar-refractivity contribution in [3.8, 4) is 5.75 Å². The minimum atomic E-state index is -0.541. The smallest absolute Gasteiger partial charge is 0.277 e. The first-order valence-corrected chi connectivity index (χ1v) is 4.38. The highest BCUT2D eigenvalue weighted by Gasteiger charge is 2.08. The van der Waals surface area contributed by atoms with E-state index in [1.54, 1.807) is 12.1 Å². The standard InChI is InChI=1S/C8H6N2O2S/c9-7(12)8-10-5-2-1-4(11)3-6(5)13-8/h1-3,11H,(H2,9,12). The van der Waals surface area contributed by atoms with Crippen LogP contribution in [0.3, 0.4) is 0 Å². The summed E-state index contributed by atoms with van der Waals surface area (Å²) in [6.07, 6.45) is 0. The molecule has 0 unspecified atom stereocenters. The lowest BCUT2D eigenvalue weighted by atomic mass is 10.3. The molecule has 13 heavy (non-hydrogen) atoms. The fraction of sp³-hybridized carbons (Fsp3) is 0. The number of hydrogen-bond donors (Lipinski definition) is 2. The number of carbonyl (C=O) groups is 1. The molecule has 0 aliphatic heterocycles. The number of phenolic OH excluding ortho intramolecular Hbond substituents is 1. The van der Waals surface area contributed by atoms with Gasteiger partial charge in [-0.2, -0.15) is 0 Å². The lowest BCUT2D eigenvalue weighted by molar-refractivity contribution is 0.1000. The maximum atomic E-state index is 10.8. The number of nitrogens with two attached hydrogens (primary N) is 1. The molecule has 0 bridgehead atoms. The summed E-state index contributed by atoms with van der Waals surface area (Å²) in [7, 11) is 0. The van der Waals surface area contributed by atoms with Crippen molar-refractivity contribution in [2.75, 3.05) is 0 Å². The molecule has 4 nitrogen and oxygen atoms in total. The number of carbonyl (C=O) groups excluding carboxylic acids is 1. The van der Waals surface area contributed by atoms with E-state index in [-0.39, 0.29) is 10.8 Å². The van der Waals surface area contributed by atoms with E-state index < -0.39 is 5.91 Å². The van der Waals surface area contributed by atoms with Crippen LogP contribution in [0, 0.1) is 0 Å². The first-order chi connectivity index (χ1) is 6.16. The number of primary amides is 1. The SMILES string of the molecule is NC(=O)c1nc2ccc(O)cc2s1. The van der Waals surface area contributed by atoms with Gasteiger partial charge in [0.25, 0.3) is 5.91 Å². The van der Waals surface area contributed by atoms with Crippen molar-refractivity contribution in [2.24, 2.45) is 5.73 Å². The molecule has 1 aromatic carbocycles. The molecule has 0 fully saturated rings. The summed E-state index contributed by atoms with van der Waals surface area (Å²) >= 11 is 1.17. The van der Waals surface area contributed by atoms with Crippen molar-refractivity contribution in [1.82, 2.24) is 4.98 Å². The van der Waals surface area contributed by atoms with Crippen LogP contribution in [0.2, 0.25) is 0 Å². The Hall–Kier alpha value is -1.62. The molecule has 0 aliphatic carbocycles. The van der Waals surface area contributed by atoms with Crippen LogP contribution in [-0.4, -0.2) is 16.0 Å². The Morgan fingerprint density at radius 2 is 2.31 bits per heavy atom. The van der Waals surface area contributed by atoms with Crippen LogP contribution in [0.25, 0.3) is 10.2 Å². The molecule has 2 rings (SSSR count). The largest absolute Gasteiger partial charge is 0.508 e. The molecule has 0 saturated carbocycles. The monoisotopic (exact) mass is 194 g/mol. The third-order valence-corrected chi connectivity index (χ3v) is 2.62. The molecule has 0 aliphatic rings. The average molecular weight is 194 g/mol. The third kappa shape index (κ3) is 1.33. The number of amides is 1. The topological polar surface area (TPSA) is 76.2 Å². The van der Waals surface area contributed by atoms with Crippen LogP contribution in [0.1, 0.15) is 9.80 Å².